The minimum Gasteiger partial charge on any atom is -0.551 e. The van der Waals surface area contributed by atoms with Gasteiger partial charge in [0.1, 0.15) is 0 Å². The van der Waals surface area contributed by atoms with Crippen molar-refractivity contribution < 1.29 is 123 Å². The number of hydrogen-bond acceptors (Lipinski definition) is 3. The van der Waals surface area contributed by atoms with Crippen LogP contribution in [0.2, 0.25) is 0 Å². The van der Waals surface area contributed by atoms with E-state index in [4.69, 9.17) is 0 Å². The van der Waals surface area contributed by atoms with E-state index in [0.717, 1.165) is 0 Å². The molecule has 0 bridgehead atoms. The van der Waals surface area contributed by atoms with Gasteiger partial charge in [-0.2, -0.15) is 79.0 Å². The maximum atomic E-state index is 12.3. The average molecular weight is 535 g/mol. The summed E-state index contributed by atoms with van der Waals surface area (Å²) in [4.78, 5) is 0. The predicted molar refractivity (Wildman–Crippen MR) is 56.7 cm³/mol. The number of halogens is 18. The molecule has 0 saturated heterocycles. The van der Waals surface area contributed by atoms with Gasteiger partial charge in [-0.05, 0) is 0 Å². The standard InChI is InChI=1S/C9H3BF18O3.Na/c11-4(12,13)1(5(14,15)16)29-10(30-2(6(17,18)19)7(20,21)22)31-3(8(23,24)25)9(26,27)28;/h1-3H;/q-1;+1. The zero-order valence-electron chi connectivity index (χ0n) is 14.3. The second-order valence-corrected chi connectivity index (χ2v) is 5.09. The summed E-state index contributed by atoms with van der Waals surface area (Å²) in [7, 11) is -5.06. The molecule has 0 rings (SSSR count). The Hall–Kier alpha value is -0.315. The topological polar surface area (TPSA) is 27.7 Å². The SMILES string of the molecule is FC(F)(F)C(O[B-](OC(C(F)(F)F)C(F)(F)F)OC(C(F)(F)F)C(F)(F)F)C(F)(F)F.[Na+]. The molecule has 0 N–H and O–H groups in total. The number of hydrogen-bond donors (Lipinski definition) is 0. The first kappa shape index (κ1) is 33.9. The van der Waals surface area contributed by atoms with E-state index in [1.54, 1.807) is 0 Å². The van der Waals surface area contributed by atoms with Crippen LogP contribution in [-0.4, -0.2) is 62.7 Å². The first-order valence-electron chi connectivity index (χ1n) is 6.55. The van der Waals surface area contributed by atoms with Crippen molar-refractivity contribution in [2.75, 3.05) is 0 Å². The summed E-state index contributed by atoms with van der Waals surface area (Å²) < 4.78 is 230. The van der Waals surface area contributed by atoms with Crippen LogP contribution in [0.25, 0.3) is 0 Å². The van der Waals surface area contributed by atoms with Gasteiger partial charge in [-0.3, -0.25) is 0 Å². The molecule has 0 saturated carbocycles. The molecule has 1 radical (unpaired) electrons. The summed E-state index contributed by atoms with van der Waals surface area (Å²) in [5.74, 6) is 0. The molecule has 0 spiro atoms. The Labute approximate surface area is 185 Å². The van der Waals surface area contributed by atoms with Crippen molar-refractivity contribution in [3.63, 3.8) is 0 Å². The largest absolute Gasteiger partial charge is 1.00 e. The van der Waals surface area contributed by atoms with Crippen LogP contribution in [0.3, 0.4) is 0 Å². The molecule has 0 amide bonds. The van der Waals surface area contributed by atoms with Gasteiger partial charge in [0.25, 0.3) is 0 Å². The van der Waals surface area contributed by atoms with Gasteiger partial charge in [-0.25, -0.2) is 0 Å². The van der Waals surface area contributed by atoms with Crippen molar-refractivity contribution in [2.45, 2.75) is 55.4 Å². The third-order valence-electron chi connectivity index (χ3n) is 2.53. The third kappa shape index (κ3) is 10.7. The molecule has 0 aliphatic heterocycles. The van der Waals surface area contributed by atoms with E-state index >= 15 is 0 Å². The van der Waals surface area contributed by atoms with Crippen molar-refractivity contribution in [1.29, 1.82) is 0 Å². The van der Waals surface area contributed by atoms with Crippen LogP contribution in [0.4, 0.5) is 79.0 Å². The average Bonchev–Trinajstić information content (AvgIpc) is 2.37. The quantitative estimate of drug-likeness (QED) is 0.387. The maximum absolute atomic E-state index is 12.3. The van der Waals surface area contributed by atoms with Gasteiger partial charge in [0.15, 0.2) is 0 Å². The van der Waals surface area contributed by atoms with Crippen LogP contribution < -0.4 is 29.6 Å². The van der Waals surface area contributed by atoms with Gasteiger partial charge in [-0.15, -0.1) is 0 Å². The van der Waals surface area contributed by atoms with E-state index in [-0.39, 0.29) is 29.6 Å². The van der Waals surface area contributed by atoms with Crippen LogP contribution >= 0.6 is 0 Å². The first-order valence-corrected chi connectivity index (χ1v) is 6.55. The third-order valence-corrected chi connectivity index (χ3v) is 2.53. The molecule has 0 heterocycles. The number of alkyl halides is 18. The van der Waals surface area contributed by atoms with E-state index in [1.165, 1.54) is 0 Å². The van der Waals surface area contributed by atoms with E-state index in [0.29, 0.717) is 0 Å². The molecule has 0 aliphatic rings. The molecule has 0 aromatic carbocycles. The fourth-order valence-electron chi connectivity index (χ4n) is 1.45. The molecule has 0 fully saturated rings. The molecule has 0 unspecified atom stereocenters. The van der Waals surface area contributed by atoms with Crippen LogP contribution in [0.15, 0.2) is 0 Å². The Morgan fingerprint density at radius 2 is 0.469 bits per heavy atom. The summed E-state index contributed by atoms with van der Waals surface area (Å²) in [5.41, 5.74) is 0. The molecule has 23 heteroatoms. The molecule has 0 aliphatic carbocycles. The van der Waals surface area contributed by atoms with E-state index in [2.05, 4.69) is 14.0 Å². The first-order chi connectivity index (χ1) is 13.2. The molecule has 0 atom stereocenters. The molecular weight excluding hydrogens is 532 g/mol. The molecule has 3 nitrogen and oxygen atoms in total. The van der Waals surface area contributed by atoms with E-state index in [1.807, 2.05) is 0 Å². The van der Waals surface area contributed by atoms with Gasteiger partial charge in [0.2, 0.25) is 18.3 Å². The Balaban J connectivity index is 0. The van der Waals surface area contributed by atoms with Crippen molar-refractivity contribution in [1.82, 2.24) is 0 Å². The van der Waals surface area contributed by atoms with Crippen LogP contribution in [0, 0.1) is 0 Å². The zero-order valence-corrected chi connectivity index (χ0v) is 16.3. The van der Waals surface area contributed by atoms with Gasteiger partial charge in [-0.1, -0.05) is 0 Å². The van der Waals surface area contributed by atoms with Crippen molar-refractivity contribution in [3.8, 4) is 0 Å². The molecule has 0 aromatic rings. The van der Waals surface area contributed by atoms with Crippen molar-refractivity contribution >= 4 is 7.32 Å². The van der Waals surface area contributed by atoms with Gasteiger partial charge < -0.3 is 14.0 Å². The van der Waals surface area contributed by atoms with Crippen molar-refractivity contribution in [2.24, 2.45) is 0 Å². The van der Waals surface area contributed by atoms with Crippen LogP contribution in [0.1, 0.15) is 0 Å². The minimum atomic E-state index is -6.80. The normalized spacial score (nSPS) is 15.2. The summed E-state index contributed by atoms with van der Waals surface area (Å²) in [6.45, 7) is 0. The second-order valence-electron chi connectivity index (χ2n) is 5.09. The summed E-state index contributed by atoms with van der Waals surface area (Å²) in [6, 6.07) is 0. The Morgan fingerprint density at radius 1 is 0.344 bits per heavy atom. The van der Waals surface area contributed by atoms with Gasteiger partial charge in [0.05, 0.1) is 0 Å². The fourth-order valence-corrected chi connectivity index (χ4v) is 1.45. The van der Waals surface area contributed by atoms with Crippen LogP contribution in [0.5, 0.6) is 0 Å². The Bertz CT molecular complexity index is 450. The zero-order chi connectivity index (χ0) is 25.4. The van der Waals surface area contributed by atoms with Gasteiger partial charge >= 0.3 is 73.9 Å². The molecule has 0 aromatic heterocycles. The summed E-state index contributed by atoms with van der Waals surface area (Å²) in [5, 5.41) is 0. The van der Waals surface area contributed by atoms with Crippen molar-refractivity contribution in [3.05, 3.63) is 0 Å². The summed E-state index contributed by atoms with van der Waals surface area (Å²) >= 11 is 0. The Kier molecular flexibility index (Phi) is 11.1. The molecule has 32 heavy (non-hydrogen) atoms. The van der Waals surface area contributed by atoms with E-state index in [9.17, 15) is 79.0 Å². The monoisotopic (exact) mass is 535 g/mol. The second kappa shape index (κ2) is 10.5. The van der Waals surface area contributed by atoms with E-state index < -0.39 is 62.7 Å². The smallest absolute Gasteiger partial charge is 0.551 e. The van der Waals surface area contributed by atoms with Gasteiger partial charge in [0, 0.05) is 0 Å². The van der Waals surface area contributed by atoms with Crippen LogP contribution in [-0.2, 0) is 14.0 Å². The molecular formula is C9H3BF18NaO3. The predicted octanol–water partition coefficient (Wildman–Crippen LogP) is 2.50. The summed E-state index contributed by atoms with van der Waals surface area (Å²) in [6.07, 6.45) is -57.3. The minimum absolute atomic E-state index is 0. The maximum Gasteiger partial charge on any atom is 1.00 e. The Morgan fingerprint density at radius 3 is 0.562 bits per heavy atom. The fraction of sp³-hybridized carbons (Fsp3) is 1.00. The number of rotatable bonds is 6. The molecule has 187 valence electrons.